The molecule has 0 aromatic carbocycles. The van der Waals surface area contributed by atoms with Gasteiger partial charge < -0.3 is 4.90 Å². The molecule has 3 rings (SSSR count). The lowest BCUT2D eigenvalue weighted by Crippen LogP contribution is -2.49. The van der Waals surface area contributed by atoms with E-state index in [4.69, 9.17) is 5.26 Å². The number of anilines is 1. The number of fused-ring (bicyclic) bond motifs is 1. The highest BCUT2D eigenvalue weighted by atomic mass is 32.1. The first-order chi connectivity index (χ1) is 9.29. The molecule has 1 saturated heterocycles. The van der Waals surface area contributed by atoms with Crippen molar-refractivity contribution < 1.29 is 0 Å². The zero-order valence-corrected chi connectivity index (χ0v) is 11.6. The second-order valence-electron chi connectivity index (χ2n) is 4.66. The van der Waals surface area contributed by atoms with Crippen LogP contribution in [-0.4, -0.2) is 47.1 Å². The van der Waals surface area contributed by atoms with Crippen LogP contribution in [-0.2, 0) is 0 Å². The molecule has 1 aliphatic rings. The van der Waals surface area contributed by atoms with Gasteiger partial charge in [-0.05, 0) is 18.4 Å². The van der Waals surface area contributed by atoms with Crippen molar-refractivity contribution in [1.29, 1.82) is 5.26 Å². The van der Waals surface area contributed by atoms with E-state index in [1.54, 1.807) is 17.7 Å². The molecule has 1 unspecified atom stereocenters. The van der Waals surface area contributed by atoms with E-state index in [0.717, 1.165) is 42.2 Å². The quantitative estimate of drug-likeness (QED) is 0.834. The standard InChI is InChI=1S/C13H15N5S/c1-10(8-14)17-3-5-18(6-4-17)13-12-11(2-7-19-12)15-9-16-13/h2,7,9-10H,3-6H2,1H3. The number of aromatic nitrogens is 2. The van der Waals surface area contributed by atoms with Gasteiger partial charge >= 0.3 is 0 Å². The highest BCUT2D eigenvalue weighted by Crippen LogP contribution is 2.28. The summed E-state index contributed by atoms with van der Waals surface area (Å²) in [5.41, 5.74) is 1.02. The lowest BCUT2D eigenvalue weighted by molar-refractivity contribution is 0.231. The van der Waals surface area contributed by atoms with Crippen LogP contribution < -0.4 is 4.90 Å². The third-order valence-electron chi connectivity index (χ3n) is 3.57. The number of nitriles is 1. The van der Waals surface area contributed by atoms with Gasteiger partial charge in [-0.2, -0.15) is 5.26 Å². The van der Waals surface area contributed by atoms with Crippen LogP contribution in [0.2, 0.25) is 0 Å². The minimum Gasteiger partial charge on any atom is -0.353 e. The molecule has 5 nitrogen and oxygen atoms in total. The van der Waals surface area contributed by atoms with Gasteiger partial charge in [0, 0.05) is 26.2 Å². The maximum atomic E-state index is 8.96. The summed E-state index contributed by atoms with van der Waals surface area (Å²) in [4.78, 5) is 13.2. The molecule has 0 saturated carbocycles. The summed E-state index contributed by atoms with van der Waals surface area (Å²) in [7, 11) is 0. The summed E-state index contributed by atoms with van der Waals surface area (Å²) in [6.07, 6.45) is 1.63. The third kappa shape index (κ3) is 2.27. The van der Waals surface area contributed by atoms with Crippen LogP contribution in [0.1, 0.15) is 6.92 Å². The molecule has 0 radical (unpaired) electrons. The first-order valence-corrected chi connectivity index (χ1v) is 7.24. The predicted molar refractivity (Wildman–Crippen MR) is 76.3 cm³/mol. The average Bonchev–Trinajstić information content (AvgIpc) is 2.95. The molecular weight excluding hydrogens is 258 g/mol. The van der Waals surface area contributed by atoms with Gasteiger partial charge in [0.1, 0.15) is 12.1 Å². The topological polar surface area (TPSA) is 56.1 Å². The fourth-order valence-corrected chi connectivity index (χ4v) is 3.27. The number of nitrogens with zero attached hydrogens (tertiary/aromatic N) is 5. The van der Waals surface area contributed by atoms with Gasteiger partial charge in [0.15, 0.2) is 0 Å². The van der Waals surface area contributed by atoms with E-state index in [0.29, 0.717) is 0 Å². The summed E-state index contributed by atoms with van der Waals surface area (Å²) in [6.45, 7) is 5.60. The van der Waals surface area contributed by atoms with E-state index in [9.17, 15) is 0 Å². The number of hydrogen-bond acceptors (Lipinski definition) is 6. The molecule has 0 spiro atoms. The zero-order chi connectivity index (χ0) is 13.2. The van der Waals surface area contributed by atoms with Crippen LogP contribution in [0.4, 0.5) is 5.82 Å². The Hall–Kier alpha value is -1.71. The van der Waals surface area contributed by atoms with Gasteiger partial charge in [-0.1, -0.05) is 0 Å². The van der Waals surface area contributed by atoms with E-state index in [-0.39, 0.29) is 6.04 Å². The Labute approximate surface area is 116 Å². The lowest BCUT2D eigenvalue weighted by Gasteiger charge is -2.36. The van der Waals surface area contributed by atoms with E-state index in [1.807, 2.05) is 13.0 Å². The minimum absolute atomic E-state index is 0.00527. The second-order valence-corrected chi connectivity index (χ2v) is 5.58. The second kappa shape index (κ2) is 5.11. The summed E-state index contributed by atoms with van der Waals surface area (Å²) >= 11 is 1.69. The average molecular weight is 273 g/mol. The number of thiophene rings is 1. The SMILES string of the molecule is CC(C#N)N1CCN(c2ncnc3ccsc23)CC1. The number of hydrogen-bond donors (Lipinski definition) is 0. The Morgan fingerprint density at radius 2 is 2.11 bits per heavy atom. The van der Waals surface area contributed by atoms with Gasteiger partial charge in [0.2, 0.25) is 0 Å². The molecule has 0 bridgehead atoms. The van der Waals surface area contributed by atoms with Gasteiger partial charge in [0.25, 0.3) is 0 Å². The minimum atomic E-state index is -0.00527. The Bertz CT molecular complexity index is 609. The van der Waals surface area contributed by atoms with E-state index >= 15 is 0 Å². The van der Waals surface area contributed by atoms with Crippen LogP contribution >= 0.6 is 11.3 Å². The van der Waals surface area contributed by atoms with Crippen LogP contribution in [0.15, 0.2) is 17.8 Å². The monoisotopic (exact) mass is 273 g/mol. The molecule has 6 heteroatoms. The molecule has 0 N–H and O–H groups in total. The molecule has 3 heterocycles. The Kier molecular flexibility index (Phi) is 3.32. The van der Waals surface area contributed by atoms with Crippen LogP contribution in [0, 0.1) is 11.3 Å². The largest absolute Gasteiger partial charge is 0.353 e. The van der Waals surface area contributed by atoms with E-state index in [1.165, 1.54) is 0 Å². The van der Waals surface area contributed by atoms with Crippen LogP contribution in [0.25, 0.3) is 10.2 Å². The normalized spacial score (nSPS) is 18.4. The Morgan fingerprint density at radius 3 is 2.84 bits per heavy atom. The molecule has 1 atom stereocenters. The maximum Gasteiger partial charge on any atom is 0.150 e. The third-order valence-corrected chi connectivity index (χ3v) is 4.47. The van der Waals surface area contributed by atoms with E-state index < -0.39 is 0 Å². The summed E-state index contributed by atoms with van der Waals surface area (Å²) in [5, 5.41) is 11.0. The van der Waals surface area contributed by atoms with Gasteiger partial charge in [-0.3, -0.25) is 4.90 Å². The molecule has 2 aromatic heterocycles. The molecule has 1 aliphatic heterocycles. The summed E-state index contributed by atoms with van der Waals surface area (Å²) < 4.78 is 1.16. The fraction of sp³-hybridized carbons (Fsp3) is 0.462. The molecule has 0 amide bonds. The first-order valence-electron chi connectivity index (χ1n) is 6.36. The number of rotatable bonds is 2. The van der Waals surface area contributed by atoms with Crippen molar-refractivity contribution in [2.75, 3.05) is 31.1 Å². The Morgan fingerprint density at radius 1 is 1.32 bits per heavy atom. The highest BCUT2D eigenvalue weighted by molar-refractivity contribution is 7.17. The lowest BCUT2D eigenvalue weighted by atomic mass is 10.2. The predicted octanol–water partition coefficient (Wildman–Crippen LogP) is 1.73. The molecule has 0 aliphatic carbocycles. The highest BCUT2D eigenvalue weighted by Gasteiger charge is 2.23. The van der Waals surface area contributed by atoms with Crippen LogP contribution in [0.5, 0.6) is 0 Å². The molecule has 1 fully saturated rings. The molecule has 19 heavy (non-hydrogen) atoms. The molecule has 98 valence electrons. The summed E-state index contributed by atoms with van der Waals surface area (Å²) in [6, 6.07) is 4.32. The van der Waals surface area contributed by atoms with Gasteiger partial charge in [0.05, 0.1) is 22.3 Å². The first kappa shape index (κ1) is 12.3. The number of piperazine rings is 1. The van der Waals surface area contributed by atoms with Gasteiger partial charge in [-0.15, -0.1) is 11.3 Å². The molecular formula is C13H15N5S. The van der Waals surface area contributed by atoms with Crippen molar-refractivity contribution in [3.63, 3.8) is 0 Å². The summed E-state index contributed by atoms with van der Waals surface area (Å²) in [5.74, 6) is 1.03. The van der Waals surface area contributed by atoms with Crippen molar-refractivity contribution in [2.24, 2.45) is 0 Å². The van der Waals surface area contributed by atoms with Crippen molar-refractivity contribution in [1.82, 2.24) is 14.9 Å². The van der Waals surface area contributed by atoms with Crippen molar-refractivity contribution >= 4 is 27.4 Å². The van der Waals surface area contributed by atoms with Crippen molar-refractivity contribution in [2.45, 2.75) is 13.0 Å². The van der Waals surface area contributed by atoms with Crippen molar-refractivity contribution in [3.8, 4) is 6.07 Å². The smallest absolute Gasteiger partial charge is 0.150 e. The van der Waals surface area contributed by atoms with E-state index in [2.05, 4.69) is 31.2 Å². The zero-order valence-electron chi connectivity index (χ0n) is 10.8. The molecule has 2 aromatic rings. The van der Waals surface area contributed by atoms with Crippen LogP contribution in [0.3, 0.4) is 0 Å². The Balaban J connectivity index is 1.79. The van der Waals surface area contributed by atoms with Gasteiger partial charge in [-0.25, -0.2) is 9.97 Å². The van der Waals surface area contributed by atoms with Crippen molar-refractivity contribution in [3.05, 3.63) is 17.8 Å². The maximum absolute atomic E-state index is 8.96. The fourth-order valence-electron chi connectivity index (χ4n) is 2.40.